The van der Waals surface area contributed by atoms with Crippen LogP contribution in [0.1, 0.15) is 119 Å². The molecule has 39 heavy (non-hydrogen) atoms. The smallest absolute Gasteiger partial charge is 0.311 e. The first kappa shape index (κ1) is 30.4. The minimum absolute atomic E-state index is 0.0329. The molecule has 8 unspecified atom stereocenters. The van der Waals surface area contributed by atoms with Crippen molar-refractivity contribution in [3.8, 4) is 6.07 Å². The lowest BCUT2D eigenvalue weighted by atomic mass is 9.43. The number of aliphatic hydroxyl groups excluding tert-OH is 1. The summed E-state index contributed by atoms with van der Waals surface area (Å²) in [6.07, 6.45) is 10.8. The van der Waals surface area contributed by atoms with Gasteiger partial charge in [0.15, 0.2) is 0 Å². The number of rotatable bonds is 9. The molecule has 0 saturated heterocycles. The molecule has 10 atom stereocenters. The van der Waals surface area contributed by atoms with E-state index in [1.54, 1.807) is 0 Å². The van der Waals surface area contributed by atoms with Crippen molar-refractivity contribution in [3.63, 3.8) is 0 Å². The SMILES string of the molecule is CCC(C)(C)C(=O)OC1CC[C@@]2(C)C(CCC3C2CC(O)[C@]2(C)C(C(C)CCC(=O)NCCC#N)CCC32)C1. The number of aliphatic hydroxyl groups is 1. The Morgan fingerprint density at radius 2 is 1.87 bits per heavy atom. The molecule has 0 bridgehead atoms. The number of fused-ring (bicyclic) bond motifs is 5. The minimum Gasteiger partial charge on any atom is -0.462 e. The Morgan fingerprint density at radius 1 is 1.13 bits per heavy atom. The van der Waals surface area contributed by atoms with Crippen LogP contribution < -0.4 is 5.32 Å². The molecule has 0 spiro atoms. The molecule has 0 aromatic heterocycles. The molecule has 0 aromatic rings. The average Bonchev–Trinajstić information content (AvgIpc) is 3.27. The standard InChI is InChI=1S/C33H54N2O4/c1-7-31(3,4)30(38)39-23-15-16-32(5)22(19-23)10-11-24-26-13-12-25(33(26,6)28(36)20-27(24)32)21(2)9-14-29(37)35-18-8-17-34/h21-28,36H,7-16,18-20H2,1-6H3,(H,35,37)/t21?,22?,23?,24?,25?,26?,27?,28?,32-,33+/m0/s1. The highest BCUT2D eigenvalue weighted by atomic mass is 16.5. The van der Waals surface area contributed by atoms with Gasteiger partial charge in [-0.05, 0) is 124 Å². The van der Waals surface area contributed by atoms with Crippen LogP contribution in [0.5, 0.6) is 0 Å². The molecule has 220 valence electrons. The number of carbonyl (C=O) groups is 2. The summed E-state index contributed by atoms with van der Waals surface area (Å²) in [7, 11) is 0. The number of hydrogen-bond acceptors (Lipinski definition) is 5. The lowest BCUT2D eigenvalue weighted by Gasteiger charge is -2.62. The molecule has 4 saturated carbocycles. The fourth-order valence-corrected chi connectivity index (χ4v) is 9.61. The second-order valence-electron chi connectivity index (χ2n) is 14.8. The Hall–Kier alpha value is -1.61. The van der Waals surface area contributed by atoms with Gasteiger partial charge in [-0.1, -0.05) is 27.7 Å². The second kappa shape index (κ2) is 11.7. The summed E-state index contributed by atoms with van der Waals surface area (Å²) in [6.45, 7) is 13.6. The number of carbonyl (C=O) groups excluding carboxylic acids is 2. The van der Waals surface area contributed by atoms with Gasteiger partial charge in [0.2, 0.25) is 5.91 Å². The number of nitriles is 1. The zero-order valence-electron chi connectivity index (χ0n) is 25.4. The summed E-state index contributed by atoms with van der Waals surface area (Å²) >= 11 is 0. The van der Waals surface area contributed by atoms with E-state index in [0.29, 0.717) is 54.9 Å². The lowest BCUT2D eigenvalue weighted by molar-refractivity contribution is -0.185. The Balaban J connectivity index is 1.40. The van der Waals surface area contributed by atoms with Crippen molar-refractivity contribution in [2.24, 2.45) is 51.8 Å². The van der Waals surface area contributed by atoms with Gasteiger partial charge in [0.1, 0.15) is 6.10 Å². The predicted molar refractivity (Wildman–Crippen MR) is 152 cm³/mol. The van der Waals surface area contributed by atoms with Crippen molar-refractivity contribution in [3.05, 3.63) is 0 Å². The molecule has 6 nitrogen and oxygen atoms in total. The summed E-state index contributed by atoms with van der Waals surface area (Å²) < 4.78 is 6.06. The highest BCUT2D eigenvalue weighted by molar-refractivity contribution is 5.76. The second-order valence-corrected chi connectivity index (χ2v) is 14.8. The van der Waals surface area contributed by atoms with E-state index < -0.39 is 5.41 Å². The number of amides is 1. The molecular weight excluding hydrogens is 488 g/mol. The van der Waals surface area contributed by atoms with Gasteiger partial charge in [0.05, 0.1) is 24.0 Å². The van der Waals surface area contributed by atoms with Crippen LogP contribution in [0.25, 0.3) is 0 Å². The molecule has 0 aliphatic heterocycles. The summed E-state index contributed by atoms with van der Waals surface area (Å²) in [4.78, 5) is 25.0. The molecule has 6 heteroatoms. The molecule has 4 rings (SSSR count). The van der Waals surface area contributed by atoms with Gasteiger partial charge < -0.3 is 15.2 Å². The first-order valence-corrected chi connectivity index (χ1v) is 15.9. The Kier molecular flexibility index (Phi) is 9.11. The van der Waals surface area contributed by atoms with Gasteiger partial charge in [-0.3, -0.25) is 9.59 Å². The van der Waals surface area contributed by atoms with Crippen molar-refractivity contribution in [2.75, 3.05) is 6.54 Å². The van der Waals surface area contributed by atoms with Crippen molar-refractivity contribution in [1.82, 2.24) is 5.32 Å². The summed E-state index contributed by atoms with van der Waals surface area (Å²) in [5.41, 5.74) is -0.299. The predicted octanol–water partition coefficient (Wildman–Crippen LogP) is 6.41. The van der Waals surface area contributed by atoms with Crippen LogP contribution in [0.4, 0.5) is 0 Å². The van der Waals surface area contributed by atoms with Gasteiger partial charge in [-0.2, -0.15) is 5.26 Å². The number of hydrogen-bond donors (Lipinski definition) is 2. The van der Waals surface area contributed by atoms with Gasteiger partial charge >= 0.3 is 5.97 Å². The third kappa shape index (κ3) is 5.64. The number of nitrogens with one attached hydrogen (secondary N) is 1. The third-order valence-electron chi connectivity index (χ3n) is 12.6. The van der Waals surface area contributed by atoms with Crippen molar-refractivity contribution in [2.45, 2.75) is 131 Å². The molecule has 0 aromatic carbocycles. The van der Waals surface area contributed by atoms with Gasteiger partial charge in [-0.15, -0.1) is 0 Å². The first-order valence-electron chi connectivity index (χ1n) is 15.9. The van der Waals surface area contributed by atoms with Crippen molar-refractivity contribution >= 4 is 11.9 Å². The van der Waals surface area contributed by atoms with Gasteiger partial charge in [0.25, 0.3) is 0 Å². The van der Waals surface area contributed by atoms with E-state index in [1.807, 2.05) is 20.8 Å². The Labute approximate surface area is 237 Å². The first-order chi connectivity index (χ1) is 18.4. The quantitative estimate of drug-likeness (QED) is 0.259. The molecule has 4 aliphatic rings. The molecule has 0 heterocycles. The van der Waals surface area contributed by atoms with Crippen LogP contribution in [0, 0.1) is 63.1 Å². The van der Waals surface area contributed by atoms with E-state index in [2.05, 4.69) is 32.2 Å². The van der Waals surface area contributed by atoms with Crippen LogP contribution in [0.15, 0.2) is 0 Å². The van der Waals surface area contributed by atoms with Gasteiger partial charge in [0, 0.05) is 13.0 Å². The highest BCUT2D eigenvalue weighted by Crippen LogP contribution is 2.68. The maximum atomic E-state index is 12.8. The largest absolute Gasteiger partial charge is 0.462 e. The fourth-order valence-electron chi connectivity index (χ4n) is 9.61. The number of nitrogens with zero attached hydrogens (tertiary/aromatic N) is 1. The topological polar surface area (TPSA) is 99.4 Å². The maximum Gasteiger partial charge on any atom is 0.311 e. The minimum atomic E-state index is -0.423. The van der Waals surface area contributed by atoms with E-state index in [1.165, 1.54) is 19.3 Å². The normalized spacial score (nSPS) is 40.4. The zero-order valence-corrected chi connectivity index (χ0v) is 25.4. The number of ether oxygens (including phenoxy) is 1. The van der Waals surface area contributed by atoms with Crippen LogP contribution >= 0.6 is 0 Å². The highest BCUT2D eigenvalue weighted by Gasteiger charge is 2.63. The maximum absolute atomic E-state index is 12.8. The van der Waals surface area contributed by atoms with E-state index in [0.717, 1.165) is 44.9 Å². The van der Waals surface area contributed by atoms with E-state index in [-0.39, 0.29) is 34.9 Å². The van der Waals surface area contributed by atoms with E-state index >= 15 is 0 Å². The molecule has 2 N–H and O–H groups in total. The van der Waals surface area contributed by atoms with E-state index in [4.69, 9.17) is 10.00 Å². The molecular formula is C33H54N2O4. The van der Waals surface area contributed by atoms with E-state index in [9.17, 15) is 14.7 Å². The van der Waals surface area contributed by atoms with Crippen LogP contribution in [0.3, 0.4) is 0 Å². The zero-order chi connectivity index (χ0) is 28.6. The van der Waals surface area contributed by atoms with Crippen LogP contribution in [-0.2, 0) is 14.3 Å². The molecule has 1 amide bonds. The van der Waals surface area contributed by atoms with Gasteiger partial charge in [-0.25, -0.2) is 0 Å². The molecule has 0 radical (unpaired) electrons. The Bertz CT molecular complexity index is 942. The molecule has 4 fully saturated rings. The molecule has 4 aliphatic carbocycles. The van der Waals surface area contributed by atoms with Crippen LogP contribution in [-0.4, -0.2) is 35.7 Å². The third-order valence-corrected chi connectivity index (χ3v) is 12.6. The number of esters is 1. The monoisotopic (exact) mass is 542 g/mol. The lowest BCUT2D eigenvalue weighted by Crippen LogP contribution is -2.59. The van der Waals surface area contributed by atoms with Crippen molar-refractivity contribution < 1.29 is 19.4 Å². The summed E-state index contributed by atoms with van der Waals surface area (Å²) in [5, 5.41) is 23.4. The summed E-state index contributed by atoms with van der Waals surface area (Å²) in [5.74, 6) is 3.10. The fraction of sp³-hybridized carbons (Fsp3) is 0.909. The van der Waals surface area contributed by atoms with Crippen molar-refractivity contribution in [1.29, 1.82) is 5.26 Å². The Morgan fingerprint density at radius 3 is 2.56 bits per heavy atom. The summed E-state index contributed by atoms with van der Waals surface area (Å²) in [6, 6.07) is 2.07. The van der Waals surface area contributed by atoms with Crippen LogP contribution in [0.2, 0.25) is 0 Å². The average molecular weight is 543 g/mol.